The molecule has 0 aromatic carbocycles. The number of halogens is 3. The van der Waals surface area contributed by atoms with Crippen LogP contribution in [0.3, 0.4) is 0 Å². The molecule has 0 heterocycles. The molecule has 0 aromatic rings. The SMILES string of the molecule is [CH]OS(=O)(=O)C(F)(F)F. The lowest BCUT2D eigenvalue weighted by molar-refractivity contribution is -0.0516. The fraction of sp³-hybridized carbons (Fsp3) is 0.500. The van der Waals surface area contributed by atoms with E-state index in [-0.39, 0.29) is 0 Å². The van der Waals surface area contributed by atoms with Gasteiger partial charge in [0.15, 0.2) is 0 Å². The van der Waals surface area contributed by atoms with E-state index < -0.39 is 15.6 Å². The van der Waals surface area contributed by atoms with E-state index in [0.29, 0.717) is 0 Å². The van der Waals surface area contributed by atoms with Crippen molar-refractivity contribution < 1.29 is 25.8 Å². The van der Waals surface area contributed by atoms with Crippen LogP contribution in [0.15, 0.2) is 0 Å². The Morgan fingerprint density at radius 3 is 1.67 bits per heavy atom. The van der Waals surface area contributed by atoms with Crippen molar-refractivity contribution in [2.45, 2.75) is 5.51 Å². The molecule has 0 amide bonds. The molecule has 0 rings (SSSR count). The predicted molar refractivity (Wildman–Crippen MR) is 20.4 cm³/mol. The molecule has 0 saturated heterocycles. The number of hydrogen-bond donors (Lipinski definition) is 0. The van der Waals surface area contributed by atoms with Gasteiger partial charge in [-0.15, -0.1) is 0 Å². The van der Waals surface area contributed by atoms with Gasteiger partial charge in [0.1, 0.15) is 7.11 Å². The van der Waals surface area contributed by atoms with E-state index in [1.165, 1.54) is 0 Å². The van der Waals surface area contributed by atoms with Crippen LogP contribution >= 0.6 is 0 Å². The molecule has 0 fully saturated rings. The van der Waals surface area contributed by atoms with E-state index >= 15 is 0 Å². The van der Waals surface area contributed by atoms with Crippen molar-refractivity contribution >= 4 is 10.1 Å². The quantitative estimate of drug-likeness (QED) is 0.417. The highest BCUT2D eigenvalue weighted by molar-refractivity contribution is 7.87. The third-order valence-electron chi connectivity index (χ3n) is 0.410. The average Bonchev–Trinajstić information content (AvgIpc) is 1.64. The molecule has 0 N–H and O–H groups in total. The summed E-state index contributed by atoms with van der Waals surface area (Å²) in [5.41, 5.74) is -5.43. The highest BCUT2D eigenvalue weighted by Gasteiger charge is 2.46. The van der Waals surface area contributed by atoms with E-state index in [0.717, 1.165) is 0 Å². The third kappa shape index (κ3) is 1.83. The molecule has 0 aliphatic heterocycles. The molecule has 0 aliphatic rings. The van der Waals surface area contributed by atoms with Gasteiger partial charge in [0.05, 0.1) is 0 Å². The Morgan fingerprint density at radius 1 is 1.33 bits per heavy atom. The fourth-order valence-corrected chi connectivity index (χ4v) is 0.164. The van der Waals surface area contributed by atoms with Gasteiger partial charge in [-0.05, 0) is 0 Å². The minimum Gasteiger partial charge on any atom is -0.254 e. The first-order valence-corrected chi connectivity index (χ1v) is 2.92. The van der Waals surface area contributed by atoms with Gasteiger partial charge in [0.2, 0.25) is 0 Å². The van der Waals surface area contributed by atoms with Crippen LogP contribution in [-0.4, -0.2) is 13.9 Å². The van der Waals surface area contributed by atoms with E-state index in [4.69, 9.17) is 0 Å². The van der Waals surface area contributed by atoms with E-state index in [1.54, 1.807) is 0 Å². The van der Waals surface area contributed by atoms with Crippen LogP contribution in [0.4, 0.5) is 13.2 Å². The smallest absolute Gasteiger partial charge is 0.254 e. The van der Waals surface area contributed by atoms with Crippen molar-refractivity contribution in [2.24, 2.45) is 0 Å². The molecule has 0 spiro atoms. The molecule has 0 bridgehead atoms. The minimum atomic E-state index is -5.56. The molecule has 7 heteroatoms. The number of alkyl halides is 3. The van der Waals surface area contributed by atoms with Crippen LogP contribution in [0.2, 0.25) is 0 Å². The van der Waals surface area contributed by atoms with E-state index in [1.807, 2.05) is 0 Å². The Bertz CT molecular complexity index is 178. The fourth-order valence-electron chi connectivity index (χ4n) is 0.0546. The predicted octanol–water partition coefficient (Wildman–Crippen LogP) is 0.521. The summed E-state index contributed by atoms with van der Waals surface area (Å²) in [6.45, 7) is 0. The lowest BCUT2D eigenvalue weighted by Crippen LogP contribution is -2.23. The zero-order chi connectivity index (χ0) is 7.71. The van der Waals surface area contributed by atoms with Crippen LogP contribution < -0.4 is 0 Å². The van der Waals surface area contributed by atoms with Gasteiger partial charge in [-0.3, -0.25) is 4.18 Å². The zero-order valence-electron chi connectivity index (χ0n) is 3.84. The Morgan fingerprint density at radius 2 is 1.67 bits per heavy atom. The Hall–Kier alpha value is -0.300. The average molecular weight is 162 g/mol. The molecular formula is C2HF3O3S. The first kappa shape index (κ1) is 8.70. The maximum absolute atomic E-state index is 11.0. The van der Waals surface area contributed by atoms with Crippen molar-refractivity contribution in [1.29, 1.82) is 0 Å². The summed E-state index contributed by atoms with van der Waals surface area (Å²) in [6, 6.07) is 0. The summed E-state index contributed by atoms with van der Waals surface area (Å²) in [6.07, 6.45) is 0. The topological polar surface area (TPSA) is 43.4 Å². The van der Waals surface area contributed by atoms with Crippen LogP contribution in [0, 0.1) is 7.11 Å². The normalized spacial score (nSPS) is 13.8. The second-order valence-corrected chi connectivity index (χ2v) is 2.56. The maximum Gasteiger partial charge on any atom is 0.523 e. The Kier molecular flexibility index (Phi) is 2.07. The Labute approximate surface area is 49.5 Å². The van der Waals surface area contributed by atoms with Gasteiger partial charge in [0.25, 0.3) is 0 Å². The molecule has 0 saturated carbocycles. The molecular weight excluding hydrogens is 161 g/mol. The molecule has 2 radical (unpaired) electrons. The number of hydrogen-bond acceptors (Lipinski definition) is 3. The largest absolute Gasteiger partial charge is 0.523 e. The van der Waals surface area contributed by atoms with Crippen LogP contribution in [0.1, 0.15) is 0 Å². The monoisotopic (exact) mass is 162 g/mol. The van der Waals surface area contributed by atoms with Gasteiger partial charge in [-0.1, -0.05) is 0 Å². The molecule has 0 atom stereocenters. The summed E-state index contributed by atoms with van der Waals surface area (Å²) in [5, 5.41) is 0. The first-order chi connectivity index (χ1) is 3.81. The summed E-state index contributed by atoms with van der Waals surface area (Å²) in [7, 11) is -1.77. The standard InChI is InChI=1S/C2HF3O3S/c1-8-9(6,7)2(3,4)5/h1H. The first-order valence-electron chi connectivity index (χ1n) is 1.51. The second kappa shape index (κ2) is 2.14. The summed E-state index contributed by atoms with van der Waals surface area (Å²) < 4.78 is 54.9. The number of rotatable bonds is 1. The van der Waals surface area contributed by atoms with Gasteiger partial charge in [-0.25, -0.2) is 0 Å². The minimum absolute atomic E-state index is 2.65. The maximum atomic E-state index is 11.0. The summed E-state index contributed by atoms with van der Waals surface area (Å²) >= 11 is 0. The van der Waals surface area contributed by atoms with Crippen LogP contribution in [0.5, 0.6) is 0 Å². The van der Waals surface area contributed by atoms with Gasteiger partial charge in [-0.2, -0.15) is 21.6 Å². The van der Waals surface area contributed by atoms with Crippen LogP contribution in [-0.2, 0) is 14.3 Å². The molecule has 0 unspecified atom stereocenters. The summed E-state index contributed by atoms with van der Waals surface area (Å²) in [5.74, 6) is 0. The van der Waals surface area contributed by atoms with E-state index in [2.05, 4.69) is 11.3 Å². The lowest BCUT2D eigenvalue weighted by Gasteiger charge is -2.02. The molecule has 0 aromatic heterocycles. The lowest BCUT2D eigenvalue weighted by atomic mass is 11.6. The summed E-state index contributed by atoms with van der Waals surface area (Å²) in [4.78, 5) is 0. The van der Waals surface area contributed by atoms with Crippen LogP contribution in [0.25, 0.3) is 0 Å². The van der Waals surface area contributed by atoms with Gasteiger partial charge in [0, 0.05) is 0 Å². The van der Waals surface area contributed by atoms with Crippen molar-refractivity contribution in [2.75, 3.05) is 0 Å². The zero-order valence-corrected chi connectivity index (χ0v) is 4.66. The molecule has 54 valence electrons. The van der Waals surface area contributed by atoms with Crippen molar-refractivity contribution in [1.82, 2.24) is 0 Å². The second-order valence-electron chi connectivity index (χ2n) is 0.996. The molecule has 3 nitrogen and oxygen atoms in total. The van der Waals surface area contributed by atoms with Gasteiger partial charge >= 0.3 is 15.6 Å². The Balaban J connectivity index is 4.57. The highest BCUT2D eigenvalue weighted by atomic mass is 32.2. The third-order valence-corrected chi connectivity index (χ3v) is 1.23. The van der Waals surface area contributed by atoms with Crippen molar-refractivity contribution in [3.8, 4) is 0 Å². The van der Waals surface area contributed by atoms with Gasteiger partial charge < -0.3 is 0 Å². The van der Waals surface area contributed by atoms with Crippen molar-refractivity contribution in [3.05, 3.63) is 7.11 Å². The van der Waals surface area contributed by atoms with E-state index in [9.17, 15) is 21.6 Å². The highest BCUT2D eigenvalue weighted by Crippen LogP contribution is 2.23. The van der Waals surface area contributed by atoms with Crippen molar-refractivity contribution in [3.63, 3.8) is 0 Å². The molecule has 0 aliphatic carbocycles. The molecule has 9 heavy (non-hydrogen) atoms.